The Hall–Kier alpha value is -6.46. The lowest BCUT2D eigenvalue weighted by Crippen LogP contribution is -2.10. The second-order valence-electron chi connectivity index (χ2n) is 11.9. The SMILES string of the molecule is c1cc(-c2nccc3oc4ccccc4c23)cc(N(c2ccc3c(ccc4ccccc43)c2)c2cnc3oc4ccccc4c3c2)c1. The number of furan rings is 2. The molecule has 0 atom stereocenters. The van der Waals surface area contributed by atoms with E-state index < -0.39 is 0 Å². The number of pyridine rings is 2. The van der Waals surface area contributed by atoms with Gasteiger partial charge in [0.15, 0.2) is 0 Å². The molecule has 0 spiro atoms. The molecule has 0 aliphatic carbocycles. The molecule has 0 saturated carbocycles. The second kappa shape index (κ2) is 10.0. The zero-order chi connectivity index (χ0) is 30.9. The molecule has 5 heteroatoms. The van der Waals surface area contributed by atoms with Gasteiger partial charge in [0.2, 0.25) is 5.71 Å². The first-order chi connectivity index (χ1) is 23.3. The minimum absolute atomic E-state index is 0.622. The number of rotatable bonds is 4. The van der Waals surface area contributed by atoms with Gasteiger partial charge in [-0.25, -0.2) is 4.98 Å². The normalized spacial score (nSPS) is 11.8. The molecule has 0 bridgehead atoms. The fourth-order valence-electron chi connectivity index (χ4n) is 6.99. The number of hydrogen-bond acceptors (Lipinski definition) is 5. The van der Waals surface area contributed by atoms with Crippen LogP contribution in [0.15, 0.2) is 161 Å². The standard InChI is InChI=1S/C42H25N3O2/c1-2-11-32-26(8-1)16-17-27-22-30(18-19-33(27)32)45(31-24-36-34-12-3-5-14-37(34)47-42(36)44-25-31)29-10-7-9-28(23-29)41-40-35-13-4-6-15-38(35)46-39(40)20-21-43-41/h1-25H. The molecular formula is C42H25N3O2. The molecule has 0 aliphatic rings. The Morgan fingerprint density at radius 2 is 1.19 bits per heavy atom. The Kier molecular flexibility index (Phi) is 5.51. The van der Waals surface area contributed by atoms with E-state index in [4.69, 9.17) is 18.8 Å². The van der Waals surface area contributed by atoms with Crippen molar-refractivity contribution < 1.29 is 8.83 Å². The molecule has 0 radical (unpaired) electrons. The zero-order valence-corrected chi connectivity index (χ0v) is 25.1. The van der Waals surface area contributed by atoms with Gasteiger partial charge in [-0.2, -0.15) is 0 Å². The summed E-state index contributed by atoms with van der Waals surface area (Å²) in [7, 11) is 0. The van der Waals surface area contributed by atoms with Gasteiger partial charge in [0, 0.05) is 33.9 Å². The summed E-state index contributed by atoms with van der Waals surface area (Å²) >= 11 is 0. The smallest absolute Gasteiger partial charge is 0.227 e. The van der Waals surface area contributed by atoms with E-state index in [1.807, 2.05) is 54.9 Å². The third kappa shape index (κ3) is 4.03. The van der Waals surface area contributed by atoms with E-state index in [0.29, 0.717) is 5.71 Å². The summed E-state index contributed by atoms with van der Waals surface area (Å²) < 4.78 is 12.3. The molecule has 6 aromatic carbocycles. The quantitative estimate of drug-likeness (QED) is 0.187. The Balaban J connectivity index is 1.20. The van der Waals surface area contributed by atoms with Crippen LogP contribution in [0.3, 0.4) is 0 Å². The minimum atomic E-state index is 0.622. The fourth-order valence-corrected chi connectivity index (χ4v) is 6.99. The summed E-state index contributed by atoms with van der Waals surface area (Å²) in [5.41, 5.74) is 7.95. The van der Waals surface area contributed by atoms with Crippen molar-refractivity contribution in [1.29, 1.82) is 0 Å². The molecule has 220 valence electrons. The molecule has 0 fully saturated rings. The number of hydrogen-bond donors (Lipinski definition) is 0. The van der Waals surface area contributed by atoms with Gasteiger partial charge in [-0.1, -0.05) is 91.0 Å². The average molecular weight is 604 g/mol. The Bertz CT molecular complexity index is 2830. The minimum Gasteiger partial charge on any atom is -0.456 e. The Morgan fingerprint density at radius 1 is 0.447 bits per heavy atom. The van der Waals surface area contributed by atoms with E-state index in [1.54, 1.807) is 0 Å². The maximum absolute atomic E-state index is 6.20. The highest BCUT2D eigenvalue weighted by atomic mass is 16.3. The van der Waals surface area contributed by atoms with Crippen LogP contribution in [0.2, 0.25) is 0 Å². The van der Waals surface area contributed by atoms with Crippen LogP contribution in [0.4, 0.5) is 17.1 Å². The van der Waals surface area contributed by atoms with E-state index >= 15 is 0 Å². The van der Waals surface area contributed by atoms with Gasteiger partial charge < -0.3 is 13.7 Å². The number of aromatic nitrogens is 2. The van der Waals surface area contributed by atoms with Crippen LogP contribution >= 0.6 is 0 Å². The van der Waals surface area contributed by atoms with Crippen LogP contribution < -0.4 is 4.90 Å². The third-order valence-electron chi connectivity index (χ3n) is 9.13. The van der Waals surface area contributed by atoms with Gasteiger partial charge in [-0.15, -0.1) is 0 Å². The van der Waals surface area contributed by atoms with Crippen LogP contribution in [-0.2, 0) is 0 Å². The fraction of sp³-hybridized carbons (Fsp3) is 0. The van der Waals surface area contributed by atoms with Crippen molar-refractivity contribution in [1.82, 2.24) is 9.97 Å². The largest absolute Gasteiger partial charge is 0.456 e. The van der Waals surface area contributed by atoms with E-state index in [2.05, 4.69) is 102 Å². The lowest BCUT2D eigenvalue weighted by atomic mass is 10.0. The topological polar surface area (TPSA) is 55.3 Å². The van der Waals surface area contributed by atoms with Crippen LogP contribution in [0.5, 0.6) is 0 Å². The molecule has 0 amide bonds. The predicted molar refractivity (Wildman–Crippen MR) is 192 cm³/mol. The summed E-state index contributed by atoms with van der Waals surface area (Å²) in [5, 5.41) is 8.94. The lowest BCUT2D eigenvalue weighted by molar-refractivity contribution is 0.654. The van der Waals surface area contributed by atoms with Gasteiger partial charge in [-0.3, -0.25) is 4.98 Å². The highest BCUT2D eigenvalue weighted by molar-refractivity contribution is 6.12. The van der Waals surface area contributed by atoms with Crippen LogP contribution in [0.25, 0.3) is 76.8 Å². The summed E-state index contributed by atoms with van der Waals surface area (Å²) in [4.78, 5) is 12.0. The summed E-state index contributed by atoms with van der Waals surface area (Å²) in [6.45, 7) is 0. The number of nitrogens with zero attached hydrogens (tertiary/aromatic N) is 3. The molecule has 10 aromatic rings. The van der Waals surface area contributed by atoms with Gasteiger partial charge in [0.25, 0.3) is 0 Å². The first-order valence-electron chi connectivity index (χ1n) is 15.6. The van der Waals surface area contributed by atoms with Crippen LogP contribution in [0, 0.1) is 0 Å². The van der Waals surface area contributed by atoms with Crippen molar-refractivity contribution in [3.05, 3.63) is 152 Å². The maximum Gasteiger partial charge on any atom is 0.227 e. The van der Waals surface area contributed by atoms with E-state index in [9.17, 15) is 0 Å². The molecule has 4 heterocycles. The second-order valence-corrected chi connectivity index (χ2v) is 11.9. The van der Waals surface area contributed by atoms with Gasteiger partial charge in [0.1, 0.15) is 16.7 Å². The molecule has 0 N–H and O–H groups in total. The summed E-state index contributed by atoms with van der Waals surface area (Å²) in [6, 6.07) is 48.5. The van der Waals surface area contributed by atoms with Crippen LogP contribution in [0.1, 0.15) is 0 Å². The predicted octanol–water partition coefficient (Wildman–Crippen LogP) is 11.7. The lowest BCUT2D eigenvalue weighted by Gasteiger charge is -2.26. The molecule has 0 aliphatic heterocycles. The van der Waals surface area contributed by atoms with Crippen molar-refractivity contribution >= 4 is 82.6 Å². The monoisotopic (exact) mass is 603 g/mol. The molecule has 4 aromatic heterocycles. The highest BCUT2D eigenvalue weighted by Crippen LogP contribution is 2.42. The van der Waals surface area contributed by atoms with Crippen molar-refractivity contribution in [2.45, 2.75) is 0 Å². The average Bonchev–Trinajstić information content (AvgIpc) is 3.70. The maximum atomic E-state index is 6.20. The van der Waals surface area contributed by atoms with Crippen molar-refractivity contribution in [3.8, 4) is 11.3 Å². The van der Waals surface area contributed by atoms with Crippen molar-refractivity contribution in [2.75, 3.05) is 4.90 Å². The summed E-state index contributed by atoms with van der Waals surface area (Å²) in [6.07, 6.45) is 3.71. The molecule has 5 nitrogen and oxygen atoms in total. The Labute approximate surface area is 268 Å². The van der Waals surface area contributed by atoms with Crippen molar-refractivity contribution in [3.63, 3.8) is 0 Å². The molecule has 10 rings (SSSR count). The Morgan fingerprint density at radius 3 is 2.11 bits per heavy atom. The number of fused-ring (bicyclic) bond motifs is 9. The van der Waals surface area contributed by atoms with Crippen LogP contribution in [-0.4, -0.2) is 9.97 Å². The number of benzene rings is 6. The van der Waals surface area contributed by atoms with E-state index in [1.165, 1.54) is 21.5 Å². The van der Waals surface area contributed by atoms with Gasteiger partial charge >= 0.3 is 0 Å². The first-order valence-corrected chi connectivity index (χ1v) is 15.6. The number of para-hydroxylation sites is 2. The molecule has 0 unspecified atom stereocenters. The highest BCUT2D eigenvalue weighted by Gasteiger charge is 2.19. The van der Waals surface area contributed by atoms with E-state index in [0.717, 1.165) is 66.6 Å². The molecular weight excluding hydrogens is 578 g/mol. The van der Waals surface area contributed by atoms with E-state index in [-0.39, 0.29) is 0 Å². The third-order valence-corrected chi connectivity index (χ3v) is 9.13. The number of anilines is 3. The van der Waals surface area contributed by atoms with Gasteiger partial charge in [0.05, 0.1) is 28.4 Å². The summed E-state index contributed by atoms with van der Waals surface area (Å²) in [5.74, 6) is 0. The zero-order valence-electron chi connectivity index (χ0n) is 25.1. The molecule has 0 saturated heterocycles. The first kappa shape index (κ1) is 25.8. The van der Waals surface area contributed by atoms with Crippen molar-refractivity contribution in [2.24, 2.45) is 0 Å². The van der Waals surface area contributed by atoms with Gasteiger partial charge in [-0.05, 0) is 70.1 Å². The molecule has 47 heavy (non-hydrogen) atoms.